The fourth-order valence-electron chi connectivity index (χ4n) is 3.84. The van der Waals surface area contributed by atoms with Gasteiger partial charge in [-0.05, 0) is 43.7 Å². The number of hydrogen-bond donors (Lipinski definition) is 2. The van der Waals surface area contributed by atoms with Crippen LogP contribution in [0.15, 0.2) is 77.6 Å². The predicted molar refractivity (Wildman–Crippen MR) is 132 cm³/mol. The van der Waals surface area contributed by atoms with Gasteiger partial charge in [0.15, 0.2) is 0 Å². The maximum Gasteiger partial charge on any atom is 0.387 e. The molecule has 0 aliphatic rings. The lowest BCUT2D eigenvalue weighted by atomic mass is 10.0. The summed E-state index contributed by atoms with van der Waals surface area (Å²) in [7, 11) is 0. The molecule has 0 fully saturated rings. The van der Waals surface area contributed by atoms with Crippen LogP contribution in [0.2, 0.25) is 0 Å². The van der Waals surface area contributed by atoms with Crippen LogP contribution in [0.4, 0.5) is 20.2 Å². The van der Waals surface area contributed by atoms with Crippen LogP contribution in [0, 0.1) is 0 Å². The number of H-pyrrole nitrogens is 1. The van der Waals surface area contributed by atoms with E-state index in [4.69, 9.17) is 0 Å². The first-order chi connectivity index (χ1) is 16.9. The van der Waals surface area contributed by atoms with Crippen LogP contribution in [-0.4, -0.2) is 35.8 Å². The van der Waals surface area contributed by atoms with E-state index in [0.717, 1.165) is 23.0 Å². The van der Waals surface area contributed by atoms with Gasteiger partial charge < -0.3 is 15.0 Å². The number of carbonyl (C=O) groups excluding carboxylic acids is 1. The molecule has 0 aliphatic heterocycles. The molecule has 1 unspecified atom stereocenters. The highest BCUT2D eigenvalue weighted by Gasteiger charge is 2.12. The van der Waals surface area contributed by atoms with Crippen LogP contribution < -0.4 is 20.5 Å². The van der Waals surface area contributed by atoms with E-state index < -0.39 is 6.61 Å². The molecule has 1 atom stereocenters. The van der Waals surface area contributed by atoms with E-state index in [1.807, 2.05) is 43.3 Å². The van der Waals surface area contributed by atoms with E-state index in [1.165, 1.54) is 12.1 Å². The number of rotatable bonds is 10. The Morgan fingerprint density at radius 1 is 1.06 bits per heavy atom. The predicted octanol–water partition coefficient (Wildman–Crippen LogP) is 5.05. The lowest BCUT2D eigenvalue weighted by molar-refractivity contribution is -0.107. The Morgan fingerprint density at radius 2 is 1.80 bits per heavy atom. The van der Waals surface area contributed by atoms with Gasteiger partial charge in [-0.15, -0.1) is 0 Å². The second-order valence-electron chi connectivity index (χ2n) is 8.03. The van der Waals surface area contributed by atoms with Gasteiger partial charge in [0, 0.05) is 41.0 Å². The summed E-state index contributed by atoms with van der Waals surface area (Å²) in [5.41, 5.74) is 2.59. The van der Waals surface area contributed by atoms with Crippen molar-refractivity contribution in [1.29, 1.82) is 0 Å². The van der Waals surface area contributed by atoms with Crippen molar-refractivity contribution in [2.24, 2.45) is 0 Å². The second kappa shape index (κ2) is 10.8. The number of aromatic nitrogens is 2. The van der Waals surface area contributed by atoms with E-state index in [9.17, 15) is 18.4 Å². The molecule has 1 heterocycles. The molecular weight excluding hydrogens is 454 g/mol. The average molecular weight is 478 g/mol. The third kappa shape index (κ3) is 5.81. The van der Waals surface area contributed by atoms with Gasteiger partial charge in [-0.3, -0.25) is 9.59 Å². The number of carbonyl (C=O) groups is 1. The standard InChI is InChI=1S/C26H24F2N4O3/c1-17(29-19-5-4-6-21(15-19)35-26(27)28)13-14-32(16-33)20-11-9-18(10-12-20)24-22-7-2-3-8-23(22)25(34)31-30-24/h2-12,15-17,26,29H,13-14H2,1H3,(H,31,34). The third-order valence-corrected chi connectivity index (χ3v) is 5.57. The number of ether oxygens (including phenoxy) is 1. The van der Waals surface area contributed by atoms with E-state index in [1.54, 1.807) is 29.2 Å². The van der Waals surface area contributed by atoms with Gasteiger partial charge >= 0.3 is 6.61 Å². The third-order valence-electron chi connectivity index (χ3n) is 5.57. The van der Waals surface area contributed by atoms with Crippen molar-refractivity contribution < 1.29 is 18.3 Å². The van der Waals surface area contributed by atoms with E-state index >= 15 is 0 Å². The van der Waals surface area contributed by atoms with Crippen molar-refractivity contribution in [2.45, 2.75) is 26.0 Å². The minimum absolute atomic E-state index is 0.0322. The van der Waals surface area contributed by atoms with Crippen LogP contribution in [0.1, 0.15) is 13.3 Å². The Labute approximate surface area is 200 Å². The molecule has 1 amide bonds. The first-order valence-electron chi connectivity index (χ1n) is 11.1. The largest absolute Gasteiger partial charge is 0.435 e. The van der Waals surface area contributed by atoms with Gasteiger partial charge in [0.1, 0.15) is 5.75 Å². The van der Waals surface area contributed by atoms with Gasteiger partial charge in [-0.25, -0.2) is 5.10 Å². The summed E-state index contributed by atoms with van der Waals surface area (Å²) in [4.78, 5) is 25.4. The fourth-order valence-corrected chi connectivity index (χ4v) is 3.84. The van der Waals surface area contributed by atoms with Crippen molar-refractivity contribution in [3.63, 3.8) is 0 Å². The van der Waals surface area contributed by atoms with Gasteiger partial charge in [0.25, 0.3) is 5.56 Å². The topological polar surface area (TPSA) is 87.3 Å². The molecule has 2 N–H and O–H groups in total. The van der Waals surface area contributed by atoms with Crippen LogP contribution >= 0.6 is 0 Å². The molecule has 3 aromatic carbocycles. The summed E-state index contributed by atoms with van der Waals surface area (Å²) < 4.78 is 29.3. The number of amides is 1. The highest BCUT2D eigenvalue weighted by atomic mass is 19.3. The van der Waals surface area contributed by atoms with Gasteiger partial charge in [-0.1, -0.05) is 36.4 Å². The summed E-state index contributed by atoms with van der Waals surface area (Å²) in [6.45, 7) is -0.488. The minimum Gasteiger partial charge on any atom is -0.435 e. The Bertz CT molecular complexity index is 1360. The maximum atomic E-state index is 12.4. The zero-order valence-electron chi connectivity index (χ0n) is 18.9. The Morgan fingerprint density at radius 3 is 2.51 bits per heavy atom. The molecule has 0 spiro atoms. The number of fused-ring (bicyclic) bond motifs is 1. The first-order valence-corrected chi connectivity index (χ1v) is 11.1. The molecule has 180 valence electrons. The quantitative estimate of drug-likeness (QED) is 0.312. The van der Waals surface area contributed by atoms with Crippen LogP contribution in [-0.2, 0) is 4.79 Å². The zero-order chi connectivity index (χ0) is 24.8. The van der Waals surface area contributed by atoms with Crippen LogP contribution in [0.3, 0.4) is 0 Å². The Kier molecular flexibility index (Phi) is 7.35. The molecule has 4 aromatic rings. The summed E-state index contributed by atoms with van der Waals surface area (Å²) in [5, 5.41) is 11.3. The molecule has 9 heteroatoms. The van der Waals surface area contributed by atoms with Crippen molar-refractivity contribution in [2.75, 3.05) is 16.8 Å². The van der Waals surface area contributed by atoms with Crippen molar-refractivity contribution in [3.8, 4) is 17.0 Å². The molecule has 7 nitrogen and oxygen atoms in total. The molecular formula is C26H24F2N4O3. The van der Waals surface area contributed by atoms with Gasteiger partial charge in [0.2, 0.25) is 6.41 Å². The van der Waals surface area contributed by atoms with Crippen molar-refractivity contribution in [3.05, 3.63) is 83.2 Å². The Balaban J connectivity index is 1.42. The molecule has 0 saturated carbocycles. The molecule has 0 saturated heterocycles. The Hall–Kier alpha value is -4.27. The molecule has 0 bridgehead atoms. The minimum atomic E-state index is -2.88. The first kappa shape index (κ1) is 23.9. The number of aromatic amines is 1. The summed E-state index contributed by atoms with van der Waals surface area (Å²) >= 11 is 0. The fraction of sp³-hybridized carbons (Fsp3) is 0.192. The van der Waals surface area contributed by atoms with E-state index in [0.29, 0.717) is 29.7 Å². The molecule has 0 radical (unpaired) electrons. The number of alkyl halides is 2. The number of nitrogens with one attached hydrogen (secondary N) is 2. The van der Waals surface area contributed by atoms with E-state index in [-0.39, 0.29) is 17.4 Å². The molecule has 35 heavy (non-hydrogen) atoms. The number of nitrogens with zero attached hydrogens (tertiary/aromatic N) is 2. The zero-order valence-corrected chi connectivity index (χ0v) is 18.9. The summed E-state index contributed by atoms with van der Waals surface area (Å²) in [5.74, 6) is 0.0802. The lowest BCUT2D eigenvalue weighted by Crippen LogP contribution is -2.27. The van der Waals surface area contributed by atoms with Crippen molar-refractivity contribution >= 4 is 28.6 Å². The maximum absolute atomic E-state index is 12.4. The summed E-state index contributed by atoms with van der Waals surface area (Å²) in [6, 6.07) is 21.0. The lowest BCUT2D eigenvalue weighted by Gasteiger charge is -2.22. The number of benzene rings is 3. The number of hydrogen-bond acceptors (Lipinski definition) is 5. The van der Waals surface area contributed by atoms with E-state index in [2.05, 4.69) is 20.3 Å². The monoisotopic (exact) mass is 478 g/mol. The SMILES string of the molecule is CC(CCN(C=O)c1ccc(-c2n[nH]c(=O)c3ccccc23)cc1)Nc1cccc(OC(F)F)c1. The molecule has 0 aliphatic carbocycles. The van der Waals surface area contributed by atoms with Crippen molar-refractivity contribution in [1.82, 2.24) is 10.2 Å². The van der Waals surface area contributed by atoms with Gasteiger partial charge in [-0.2, -0.15) is 13.9 Å². The number of anilines is 2. The second-order valence-corrected chi connectivity index (χ2v) is 8.03. The highest BCUT2D eigenvalue weighted by molar-refractivity contribution is 5.94. The normalized spacial score (nSPS) is 11.9. The molecule has 1 aromatic heterocycles. The van der Waals surface area contributed by atoms with Gasteiger partial charge in [0.05, 0.1) is 11.1 Å². The van der Waals surface area contributed by atoms with Crippen LogP contribution in [0.25, 0.3) is 22.0 Å². The summed E-state index contributed by atoms with van der Waals surface area (Å²) in [6.07, 6.45) is 1.39. The highest BCUT2D eigenvalue weighted by Crippen LogP contribution is 2.26. The van der Waals surface area contributed by atoms with Crippen LogP contribution in [0.5, 0.6) is 5.75 Å². The average Bonchev–Trinajstić information content (AvgIpc) is 2.85. The molecule has 4 rings (SSSR count). The smallest absolute Gasteiger partial charge is 0.387 e. The number of halogens is 2.